The SMILES string of the molecule is CC(=O)N1c2ccc(S(=O)(=O)N3CCCC(C(=O)Nc4ccc(C)c(C)c4)C3)cc2CC1C. The Morgan fingerprint density at radius 2 is 1.82 bits per heavy atom. The van der Waals surface area contributed by atoms with Gasteiger partial charge >= 0.3 is 0 Å². The molecule has 2 unspecified atom stereocenters. The molecule has 1 saturated heterocycles. The van der Waals surface area contributed by atoms with Crippen LogP contribution in [0.25, 0.3) is 0 Å². The highest BCUT2D eigenvalue weighted by atomic mass is 32.2. The van der Waals surface area contributed by atoms with Crippen molar-refractivity contribution in [1.82, 2.24) is 4.31 Å². The van der Waals surface area contributed by atoms with Crippen molar-refractivity contribution in [2.75, 3.05) is 23.3 Å². The van der Waals surface area contributed by atoms with Crippen LogP contribution >= 0.6 is 0 Å². The van der Waals surface area contributed by atoms with Crippen LogP contribution in [0, 0.1) is 19.8 Å². The van der Waals surface area contributed by atoms with E-state index in [1.54, 1.807) is 23.1 Å². The van der Waals surface area contributed by atoms with E-state index in [-0.39, 0.29) is 29.3 Å². The molecule has 0 aromatic heterocycles. The highest BCUT2D eigenvalue weighted by Crippen LogP contribution is 2.35. The fraction of sp³-hybridized carbons (Fsp3) is 0.440. The van der Waals surface area contributed by atoms with E-state index in [0.29, 0.717) is 25.8 Å². The molecule has 2 aromatic rings. The predicted octanol–water partition coefficient (Wildman–Crippen LogP) is 3.64. The number of aryl methyl sites for hydroxylation is 2. The number of hydrogen-bond donors (Lipinski definition) is 1. The van der Waals surface area contributed by atoms with Crippen LogP contribution in [-0.2, 0) is 26.0 Å². The van der Waals surface area contributed by atoms with Crippen molar-refractivity contribution >= 4 is 33.2 Å². The van der Waals surface area contributed by atoms with Gasteiger partial charge in [-0.05, 0) is 87.1 Å². The Balaban J connectivity index is 1.51. The summed E-state index contributed by atoms with van der Waals surface area (Å²) in [6.07, 6.45) is 1.90. The lowest BCUT2D eigenvalue weighted by molar-refractivity contribution is -0.121. The van der Waals surface area contributed by atoms with E-state index in [4.69, 9.17) is 0 Å². The van der Waals surface area contributed by atoms with E-state index in [0.717, 1.165) is 28.1 Å². The van der Waals surface area contributed by atoms with E-state index >= 15 is 0 Å². The molecule has 0 spiro atoms. The van der Waals surface area contributed by atoms with Gasteiger partial charge in [0.1, 0.15) is 0 Å². The lowest BCUT2D eigenvalue weighted by atomic mass is 9.98. The van der Waals surface area contributed by atoms with Gasteiger partial charge in [-0.1, -0.05) is 6.07 Å². The first-order valence-electron chi connectivity index (χ1n) is 11.4. The molecule has 2 amide bonds. The van der Waals surface area contributed by atoms with E-state index in [1.165, 1.54) is 11.2 Å². The molecule has 2 aliphatic rings. The van der Waals surface area contributed by atoms with Gasteiger partial charge in [-0.15, -0.1) is 0 Å². The average molecular weight is 470 g/mol. The van der Waals surface area contributed by atoms with Crippen LogP contribution in [0.4, 0.5) is 11.4 Å². The second-order valence-electron chi connectivity index (χ2n) is 9.22. The molecule has 4 rings (SSSR count). The van der Waals surface area contributed by atoms with Crippen LogP contribution in [0.2, 0.25) is 0 Å². The highest BCUT2D eigenvalue weighted by Gasteiger charge is 2.35. The molecule has 2 aromatic carbocycles. The molecule has 0 saturated carbocycles. The zero-order chi connectivity index (χ0) is 23.9. The normalized spacial score (nSPS) is 21.0. The molecule has 0 radical (unpaired) electrons. The maximum Gasteiger partial charge on any atom is 0.243 e. The Hall–Kier alpha value is -2.71. The lowest BCUT2D eigenvalue weighted by Gasteiger charge is -2.31. The van der Waals surface area contributed by atoms with Crippen molar-refractivity contribution in [3.63, 3.8) is 0 Å². The second-order valence-corrected chi connectivity index (χ2v) is 11.2. The van der Waals surface area contributed by atoms with Crippen molar-refractivity contribution in [3.05, 3.63) is 53.1 Å². The van der Waals surface area contributed by atoms with E-state index in [2.05, 4.69) is 5.32 Å². The molecule has 33 heavy (non-hydrogen) atoms. The summed E-state index contributed by atoms with van der Waals surface area (Å²) in [6, 6.07) is 10.7. The molecule has 0 bridgehead atoms. The molecular formula is C25H31N3O4S. The van der Waals surface area contributed by atoms with Crippen molar-refractivity contribution in [3.8, 4) is 0 Å². The third-order valence-electron chi connectivity index (χ3n) is 6.77. The first-order chi connectivity index (χ1) is 15.6. The maximum absolute atomic E-state index is 13.4. The van der Waals surface area contributed by atoms with E-state index in [1.807, 2.05) is 39.0 Å². The molecular weight excluding hydrogens is 438 g/mol. The Morgan fingerprint density at radius 3 is 2.52 bits per heavy atom. The van der Waals surface area contributed by atoms with Gasteiger partial charge in [-0.25, -0.2) is 8.42 Å². The summed E-state index contributed by atoms with van der Waals surface area (Å²) in [5.74, 6) is -0.610. The third-order valence-corrected chi connectivity index (χ3v) is 8.63. The smallest absolute Gasteiger partial charge is 0.243 e. The van der Waals surface area contributed by atoms with E-state index in [9.17, 15) is 18.0 Å². The average Bonchev–Trinajstić information content (AvgIpc) is 3.11. The standard InChI is InChI=1S/C25H31N3O4S/c1-16-7-8-22(12-17(16)2)26-25(30)20-6-5-11-27(15-20)33(31,32)23-9-10-24-21(14-23)13-18(3)28(24)19(4)29/h7-10,12,14,18,20H,5-6,11,13,15H2,1-4H3,(H,26,30). The summed E-state index contributed by atoms with van der Waals surface area (Å²) in [5.41, 5.74) is 4.61. The van der Waals surface area contributed by atoms with Gasteiger partial charge in [0, 0.05) is 37.4 Å². The van der Waals surface area contributed by atoms with Gasteiger partial charge in [0.05, 0.1) is 10.8 Å². The number of rotatable bonds is 4. The van der Waals surface area contributed by atoms with Gasteiger partial charge in [-0.2, -0.15) is 4.31 Å². The molecule has 2 heterocycles. The summed E-state index contributed by atoms with van der Waals surface area (Å²) in [6.45, 7) is 8.04. The molecule has 2 aliphatic heterocycles. The Labute approximate surface area is 195 Å². The first kappa shape index (κ1) is 23.4. The number of carbonyl (C=O) groups is 2. The molecule has 2 atom stereocenters. The second kappa shape index (κ2) is 8.91. The number of amides is 2. The van der Waals surface area contributed by atoms with Gasteiger partial charge < -0.3 is 10.2 Å². The fourth-order valence-electron chi connectivity index (χ4n) is 4.84. The van der Waals surface area contributed by atoms with Gasteiger partial charge in [0.25, 0.3) is 0 Å². The Kier molecular flexibility index (Phi) is 6.33. The monoisotopic (exact) mass is 469 g/mol. The first-order valence-corrected chi connectivity index (χ1v) is 12.8. The van der Waals surface area contributed by atoms with Crippen LogP contribution in [0.1, 0.15) is 43.4 Å². The van der Waals surface area contributed by atoms with Gasteiger partial charge in [0.15, 0.2) is 0 Å². The topological polar surface area (TPSA) is 86.8 Å². The molecule has 0 aliphatic carbocycles. The number of benzene rings is 2. The van der Waals surface area contributed by atoms with Crippen LogP contribution in [-0.4, -0.2) is 43.7 Å². The third kappa shape index (κ3) is 4.54. The van der Waals surface area contributed by atoms with Crippen molar-refractivity contribution in [2.45, 2.75) is 57.9 Å². The minimum atomic E-state index is -3.74. The summed E-state index contributed by atoms with van der Waals surface area (Å²) < 4.78 is 28.2. The number of nitrogens with zero attached hydrogens (tertiary/aromatic N) is 2. The number of nitrogens with one attached hydrogen (secondary N) is 1. The minimum absolute atomic E-state index is 0.00364. The number of sulfonamides is 1. The molecule has 1 N–H and O–H groups in total. The summed E-state index contributed by atoms with van der Waals surface area (Å²) in [4.78, 5) is 26.8. The quantitative estimate of drug-likeness (QED) is 0.741. The molecule has 8 heteroatoms. The van der Waals surface area contributed by atoms with Crippen molar-refractivity contribution in [2.24, 2.45) is 5.92 Å². The van der Waals surface area contributed by atoms with Gasteiger partial charge in [0.2, 0.25) is 21.8 Å². The molecule has 176 valence electrons. The van der Waals surface area contributed by atoms with Crippen LogP contribution in [0.3, 0.4) is 0 Å². The lowest BCUT2D eigenvalue weighted by Crippen LogP contribution is -2.43. The van der Waals surface area contributed by atoms with Crippen molar-refractivity contribution in [1.29, 1.82) is 0 Å². The number of anilines is 2. The highest BCUT2D eigenvalue weighted by molar-refractivity contribution is 7.89. The number of hydrogen-bond acceptors (Lipinski definition) is 4. The molecule has 7 nitrogen and oxygen atoms in total. The number of carbonyl (C=O) groups excluding carboxylic acids is 2. The summed E-state index contributed by atoms with van der Waals surface area (Å²) in [7, 11) is -3.74. The Morgan fingerprint density at radius 1 is 1.06 bits per heavy atom. The van der Waals surface area contributed by atoms with Crippen LogP contribution < -0.4 is 10.2 Å². The summed E-state index contributed by atoms with van der Waals surface area (Å²) >= 11 is 0. The fourth-order valence-corrected chi connectivity index (χ4v) is 6.41. The summed E-state index contributed by atoms with van der Waals surface area (Å²) in [5, 5.41) is 2.95. The van der Waals surface area contributed by atoms with E-state index < -0.39 is 15.9 Å². The van der Waals surface area contributed by atoms with Crippen LogP contribution in [0.15, 0.2) is 41.3 Å². The number of fused-ring (bicyclic) bond motifs is 1. The zero-order valence-corrected chi connectivity index (χ0v) is 20.4. The largest absolute Gasteiger partial charge is 0.326 e. The van der Waals surface area contributed by atoms with Crippen LogP contribution in [0.5, 0.6) is 0 Å². The maximum atomic E-state index is 13.4. The predicted molar refractivity (Wildman–Crippen MR) is 129 cm³/mol. The molecule has 1 fully saturated rings. The minimum Gasteiger partial charge on any atom is -0.326 e. The number of piperidine rings is 1. The van der Waals surface area contributed by atoms with Gasteiger partial charge in [-0.3, -0.25) is 9.59 Å². The van der Waals surface area contributed by atoms with Crippen molar-refractivity contribution < 1.29 is 18.0 Å². The zero-order valence-electron chi connectivity index (χ0n) is 19.6. The Bertz CT molecular complexity index is 1210.